The highest BCUT2D eigenvalue weighted by atomic mass is 16.5. The van der Waals surface area contributed by atoms with Crippen molar-refractivity contribution < 1.29 is 9.84 Å². The van der Waals surface area contributed by atoms with Crippen molar-refractivity contribution in [1.82, 2.24) is 20.2 Å². The van der Waals surface area contributed by atoms with Gasteiger partial charge in [0.05, 0.1) is 44.3 Å². The molecule has 0 spiro atoms. The van der Waals surface area contributed by atoms with Gasteiger partial charge in [-0.05, 0) is 12.5 Å². The van der Waals surface area contributed by atoms with Crippen LogP contribution in [0.4, 0.5) is 5.95 Å². The zero-order valence-corrected chi connectivity index (χ0v) is 11.3. The van der Waals surface area contributed by atoms with E-state index in [1.165, 1.54) is 0 Å². The highest BCUT2D eigenvalue weighted by molar-refractivity contribution is 5.42. The van der Waals surface area contributed by atoms with Gasteiger partial charge in [0.2, 0.25) is 5.95 Å². The van der Waals surface area contributed by atoms with Crippen molar-refractivity contribution in [2.24, 2.45) is 0 Å². The number of anilines is 1. The number of aliphatic hydroxyl groups excluding tert-OH is 1. The molecule has 0 aromatic carbocycles. The molecular formula is C13H17N5O2. The summed E-state index contributed by atoms with van der Waals surface area (Å²) in [6, 6.07) is 0. The monoisotopic (exact) mass is 275 g/mol. The molecule has 0 radical (unpaired) electrons. The number of aliphatic hydroxyl groups is 1. The van der Waals surface area contributed by atoms with Gasteiger partial charge in [-0.1, -0.05) is 0 Å². The van der Waals surface area contributed by atoms with Gasteiger partial charge in [-0.25, -0.2) is 9.97 Å². The van der Waals surface area contributed by atoms with Gasteiger partial charge < -0.3 is 14.7 Å². The van der Waals surface area contributed by atoms with E-state index in [4.69, 9.17) is 9.84 Å². The van der Waals surface area contributed by atoms with Gasteiger partial charge in [-0.2, -0.15) is 5.10 Å². The van der Waals surface area contributed by atoms with E-state index in [2.05, 4.69) is 25.1 Å². The Labute approximate surface area is 116 Å². The van der Waals surface area contributed by atoms with Crippen LogP contribution in [0.3, 0.4) is 0 Å². The molecule has 3 rings (SSSR count). The topological polar surface area (TPSA) is 87.2 Å². The number of ether oxygens (including phenoxy) is 1. The number of hydrogen-bond donors (Lipinski definition) is 2. The summed E-state index contributed by atoms with van der Waals surface area (Å²) in [5.74, 6) is 0.724. The zero-order chi connectivity index (χ0) is 13.9. The van der Waals surface area contributed by atoms with Crippen molar-refractivity contribution in [2.75, 3.05) is 18.1 Å². The van der Waals surface area contributed by atoms with E-state index in [9.17, 15) is 0 Å². The third-order valence-electron chi connectivity index (χ3n) is 3.26. The highest BCUT2D eigenvalue weighted by Gasteiger charge is 2.26. The molecule has 0 fully saturated rings. The smallest absolute Gasteiger partial charge is 0.225 e. The average Bonchev–Trinajstić information content (AvgIpc) is 3.01. The van der Waals surface area contributed by atoms with Gasteiger partial charge in [0.1, 0.15) is 0 Å². The summed E-state index contributed by atoms with van der Waals surface area (Å²) in [6.45, 7) is 4.19. The first-order valence-electron chi connectivity index (χ1n) is 6.55. The molecule has 0 atom stereocenters. The Morgan fingerprint density at radius 3 is 2.90 bits per heavy atom. The summed E-state index contributed by atoms with van der Waals surface area (Å²) in [4.78, 5) is 10.8. The first-order valence-corrected chi connectivity index (χ1v) is 6.55. The molecule has 0 saturated carbocycles. The van der Waals surface area contributed by atoms with Crippen molar-refractivity contribution in [3.8, 4) is 0 Å². The highest BCUT2D eigenvalue weighted by Crippen LogP contribution is 2.26. The van der Waals surface area contributed by atoms with Crippen LogP contribution < -0.4 is 4.90 Å². The maximum Gasteiger partial charge on any atom is 0.225 e. The van der Waals surface area contributed by atoms with Crippen LogP contribution in [0.15, 0.2) is 12.4 Å². The second-order valence-corrected chi connectivity index (χ2v) is 4.82. The fourth-order valence-corrected chi connectivity index (χ4v) is 2.24. The van der Waals surface area contributed by atoms with Crippen molar-refractivity contribution in [1.29, 1.82) is 0 Å². The fourth-order valence-electron chi connectivity index (χ4n) is 2.24. The molecule has 0 amide bonds. The molecule has 0 unspecified atom stereocenters. The fraction of sp³-hybridized carbons (Fsp3) is 0.462. The number of rotatable bonds is 5. The number of aromatic amines is 1. The van der Waals surface area contributed by atoms with Gasteiger partial charge in [0.25, 0.3) is 0 Å². The lowest BCUT2D eigenvalue weighted by atomic mass is 10.2. The summed E-state index contributed by atoms with van der Waals surface area (Å²) in [5.41, 5.74) is 4.16. The Morgan fingerprint density at radius 1 is 1.35 bits per heavy atom. The maximum atomic E-state index is 8.72. The summed E-state index contributed by atoms with van der Waals surface area (Å²) < 4.78 is 5.33. The number of hydrogen-bond acceptors (Lipinski definition) is 6. The molecule has 2 aromatic rings. The molecule has 0 saturated heterocycles. The lowest BCUT2D eigenvalue weighted by Crippen LogP contribution is -2.18. The Morgan fingerprint density at radius 2 is 2.15 bits per heavy atom. The summed E-state index contributed by atoms with van der Waals surface area (Å²) in [7, 11) is 0. The Balaban J connectivity index is 1.70. The SMILES string of the molecule is Cc1cnc(N2Cc3[nH]nc(COCCO)c3C2)nc1. The van der Waals surface area contributed by atoms with Crippen LogP contribution in [-0.4, -0.2) is 38.5 Å². The Hall–Kier alpha value is -1.99. The average molecular weight is 275 g/mol. The Bertz CT molecular complexity index is 581. The number of nitrogens with zero attached hydrogens (tertiary/aromatic N) is 4. The van der Waals surface area contributed by atoms with E-state index in [0.717, 1.165) is 41.6 Å². The van der Waals surface area contributed by atoms with E-state index in [1.807, 2.05) is 19.3 Å². The van der Waals surface area contributed by atoms with Crippen LogP contribution in [-0.2, 0) is 24.4 Å². The normalized spacial score (nSPS) is 13.8. The first kappa shape index (κ1) is 13.0. The second kappa shape index (κ2) is 5.56. The van der Waals surface area contributed by atoms with Crippen molar-refractivity contribution in [3.63, 3.8) is 0 Å². The lowest BCUT2D eigenvalue weighted by Gasteiger charge is -2.15. The van der Waals surface area contributed by atoms with E-state index < -0.39 is 0 Å². The molecule has 0 bridgehead atoms. The standard InChI is InChI=1S/C13H17N5O2/c1-9-4-14-13(15-5-9)18-6-10-11(7-18)16-17-12(10)8-20-3-2-19/h4-5,19H,2-3,6-8H2,1H3,(H,16,17). The van der Waals surface area contributed by atoms with Gasteiger partial charge in [-0.3, -0.25) is 5.10 Å². The number of nitrogens with one attached hydrogen (secondary N) is 1. The third kappa shape index (κ3) is 2.50. The largest absolute Gasteiger partial charge is 0.394 e. The molecule has 7 heteroatoms. The molecule has 7 nitrogen and oxygen atoms in total. The maximum absolute atomic E-state index is 8.72. The third-order valence-corrected chi connectivity index (χ3v) is 3.26. The number of aromatic nitrogens is 4. The van der Waals surface area contributed by atoms with Crippen LogP contribution in [0.5, 0.6) is 0 Å². The van der Waals surface area contributed by atoms with Gasteiger partial charge in [0.15, 0.2) is 0 Å². The molecule has 1 aliphatic rings. The zero-order valence-electron chi connectivity index (χ0n) is 11.3. The van der Waals surface area contributed by atoms with E-state index in [0.29, 0.717) is 13.2 Å². The minimum absolute atomic E-state index is 0.0238. The number of fused-ring (bicyclic) bond motifs is 1. The molecule has 1 aliphatic heterocycles. The molecule has 20 heavy (non-hydrogen) atoms. The quantitative estimate of drug-likeness (QED) is 0.774. The van der Waals surface area contributed by atoms with Crippen LogP contribution >= 0.6 is 0 Å². The van der Waals surface area contributed by atoms with Crippen LogP contribution in [0.1, 0.15) is 22.5 Å². The van der Waals surface area contributed by atoms with Crippen molar-refractivity contribution >= 4 is 5.95 Å². The van der Waals surface area contributed by atoms with E-state index in [1.54, 1.807) is 0 Å². The summed E-state index contributed by atoms with van der Waals surface area (Å²) in [6.07, 6.45) is 3.64. The molecule has 2 aromatic heterocycles. The van der Waals surface area contributed by atoms with Crippen LogP contribution in [0, 0.1) is 6.92 Å². The minimum atomic E-state index is 0.0238. The molecule has 106 valence electrons. The predicted octanol–water partition coefficient (Wildman–Crippen LogP) is 0.537. The number of aryl methyl sites for hydroxylation is 1. The number of H-pyrrole nitrogens is 1. The predicted molar refractivity (Wildman–Crippen MR) is 72.0 cm³/mol. The lowest BCUT2D eigenvalue weighted by molar-refractivity contribution is 0.0793. The molecule has 3 heterocycles. The second-order valence-electron chi connectivity index (χ2n) is 4.82. The Kier molecular flexibility index (Phi) is 3.62. The van der Waals surface area contributed by atoms with E-state index >= 15 is 0 Å². The minimum Gasteiger partial charge on any atom is -0.394 e. The van der Waals surface area contributed by atoms with E-state index in [-0.39, 0.29) is 6.61 Å². The summed E-state index contributed by atoms with van der Waals surface area (Å²) in [5, 5.41) is 16.0. The summed E-state index contributed by atoms with van der Waals surface area (Å²) >= 11 is 0. The van der Waals surface area contributed by atoms with Gasteiger partial charge in [0, 0.05) is 18.0 Å². The molecule has 0 aliphatic carbocycles. The van der Waals surface area contributed by atoms with Crippen LogP contribution in [0.2, 0.25) is 0 Å². The first-order chi connectivity index (χ1) is 9.78. The van der Waals surface area contributed by atoms with Gasteiger partial charge >= 0.3 is 0 Å². The van der Waals surface area contributed by atoms with Crippen molar-refractivity contribution in [3.05, 3.63) is 34.9 Å². The van der Waals surface area contributed by atoms with Crippen LogP contribution in [0.25, 0.3) is 0 Å². The van der Waals surface area contributed by atoms with Crippen molar-refractivity contribution in [2.45, 2.75) is 26.6 Å². The molecule has 2 N–H and O–H groups in total. The van der Waals surface area contributed by atoms with Gasteiger partial charge in [-0.15, -0.1) is 0 Å². The molecular weight excluding hydrogens is 258 g/mol.